The highest BCUT2D eigenvalue weighted by Crippen LogP contribution is 2.15. The van der Waals surface area contributed by atoms with Crippen LogP contribution in [0.25, 0.3) is 0 Å². The summed E-state index contributed by atoms with van der Waals surface area (Å²) in [6, 6.07) is 6.36. The van der Waals surface area contributed by atoms with Gasteiger partial charge in [-0.05, 0) is 23.6 Å². The molecule has 0 saturated carbocycles. The van der Waals surface area contributed by atoms with E-state index in [2.05, 4.69) is 4.74 Å². The maximum atomic E-state index is 11.9. The van der Waals surface area contributed by atoms with Crippen molar-refractivity contribution in [3.63, 3.8) is 0 Å². The second-order valence-electron chi connectivity index (χ2n) is 4.57. The van der Waals surface area contributed by atoms with Gasteiger partial charge in [-0.3, -0.25) is 4.79 Å². The predicted octanol–water partition coefficient (Wildman–Crippen LogP) is 1.83. The number of esters is 1. The Morgan fingerprint density at radius 2 is 1.78 bits per heavy atom. The first-order chi connectivity index (χ1) is 8.35. The van der Waals surface area contributed by atoms with Crippen LogP contribution >= 0.6 is 0 Å². The van der Waals surface area contributed by atoms with Crippen molar-refractivity contribution in [3.8, 4) is 0 Å². The van der Waals surface area contributed by atoms with Crippen LogP contribution in [0.5, 0.6) is 0 Å². The predicted molar refractivity (Wildman–Crippen MR) is 69.1 cm³/mol. The quantitative estimate of drug-likeness (QED) is 0.766. The lowest BCUT2D eigenvalue weighted by atomic mass is 10.2. The number of hydrogen-bond acceptors (Lipinski definition) is 4. The molecule has 0 bridgehead atoms. The molecule has 0 N–H and O–H groups in total. The average molecular weight is 270 g/mol. The number of carbonyl (C=O) groups is 1. The van der Waals surface area contributed by atoms with Crippen molar-refractivity contribution in [1.82, 2.24) is 0 Å². The molecule has 0 atom stereocenters. The van der Waals surface area contributed by atoms with Gasteiger partial charge in [0.25, 0.3) is 0 Å². The highest BCUT2D eigenvalue weighted by Gasteiger charge is 2.16. The summed E-state index contributed by atoms with van der Waals surface area (Å²) in [5.74, 6) is -0.124. The van der Waals surface area contributed by atoms with Gasteiger partial charge >= 0.3 is 5.97 Å². The third-order valence-electron chi connectivity index (χ3n) is 2.41. The van der Waals surface area contributed by atoms with Crippen LogP contribution < -0.4 is 0 Å². The van der Waals surface area contributed by atoms with Crippen LogP contribution in [-0.4, -0.2) is 27.2 Å². The molecule has 0 aliphatic rings. The van der Waals surface area contributed by atoms with Crippen molar-refractivity contribution in [1.29, 1.82) is 0 Å². The van der Waals surface area contributed by atoms with Gasteiger partial charge < -0.3 is 4.74 Å². The third-order valence-corrected chi connectivity index (χ3v) is 4.51. The van der Waals surface area contributed by atoms with Crippen molar-refractivity contribution in [2.24, 2.45) is 5.92 Å². The zero-order valence-electron chi connectivity index (χ0n) is 10.8. The van der Waals surface area contributed by atoms with Crippen molar-refractivity contribution in [3.05, 3.63) is 29.8 Å². The molecule has 18 heavy (non-hydrogen) atoms. The number of hydrogen-bond donors (Lipinski definition) is 0. The lowest BCUT2D eigenvalue weighted by molar-refractivity contribution is -0.139. The Morgan fingerprint density at radius 1 is 1.22 bits per heavy atom. The largest absolute Gasteiger partial charge is 0.469 e. The molecule has 1 aromatic rings. The van der Waals surface area contributed by atoms with Gasteiger partial charge in [-0.15, -0.1) is 0 Å². The van der Waals surface area contributed by atoms with E-state index in [0.717, 1.165) is 5.56 Å². The second kappa shape index (κ2) is 6.00. The zero-order valence-corrected chi connectivity index (χ0v) is 11.7. The molecular weight excluding hydrogens is 252 g/mol. The third kappa shape index (κ3) is 4.14. The molecule has 1 rings (SSSR count). The number of methoxy groups -OCH3 is 1. The van der Waals surface area contributed by atoms with Crippen LogP contribution in [0.1, 0.15) is 19.4 Å². The molecule has 0 aromatic heterocycles. The molecular formula is C13H18O4S. The Bertz CT molecular complexity index is 500. The first-order valence-corrected chi connectivity index (χ1v) is 7.39. The number of rotatable bonds is 5. The number of ether oxygens (including phenoxy) is 1. The van der Waals surface area contributed by atoms with E-state index in [4.69, 9.17) is 0 Å². The summed E-state index contributed by atoms with van der Waals surface area (Å²) in [6.45, 7) is 3.73. The second-order valence-corrected chi connectivity index (χ2v) is 6.61. The average Bonchev–Trinajstić information content (AvgIpc) is 2.28. The van der Waals surface area contributed by atoms with E-state index in [1.807, 2.05) is 13.8 Å². The minimum absolute atomic E-state index is 0.0877. The van der Waals surface area contributed by atoms with Crippen molar-refractivity contribution < 1.29 is 17.9 Å². The molecule has 0 radical (unpaired) electrons. The molecule has 0 heterocycles. The molecule has 1 aromatic carbocycles. The Kier molecular flexibility index (Phi) is 4.90. The molecule has 100 valence electrons. The molecule has 0 aliphatic carbocycles. The minimum Gasteiger partial charge on any atom is -0.469 e. The maximum Gasteiger partial charge on any atom is 0.309 e. The van der Waals surface area contributed by atoms with Crippen LogP contribution in [-0.2, 0) is 25.8 Å². The van der Waals surface area contributed by atoms with Gasteiger partial charge in [0, 0.05) is 0 Å². The van der Waals surface area contributed by atoms with E-state index >= 15 is 0 Å². The maximum absolute atomic E-state index is 11.9. The van der Waals surface area contributed by atoms with Crippen LogP contribution in [0.2, 0.25) is 0 Å². The Hall–Kier alpha value is -1.36. The first kappa shape index (κ1) is 14.7. The number of sulfone groups is 1. The summed E-state index contributed by atoms with van der Waals surface area (Å²) in [7, 11) is -1.90. The molecule has 0 saturated heterocycles. The fraction of sp³-hybridized carbons (Fsp3) is 0.462. The van der Waals surface area contributed by atoms with Crippen LogP contribution in [0.15, 0.2) is 29.2 Å². The van der Waals surface area contributed by atoms with Gasteiger partial charge in [0.2, 0.25) is 0 Å². The van der Waals surface area contributed by atoms with E-state index < -0.39 is 9.84 Å². The highest BCUT2D eigenvalue weighted by atomic mass is 32.2. The molecule has 0 amide bonds. The highest BCUT2D eigenvalue weighted by molar-refractivity contribution is 7.91. The Balaban J connectivity index is 2.86. The molecule has 0 fully saturated rings. The standard InChI is InChI=1S/C13H18O4S/c1-10(2)9-18(15,16)12-6-4-11(5-7-12)8-13(14)17-3/h4-7,10H,8-9H2,1-3H3. The lowest BCUT2D eigenvalue weighted by Gasteiger charge is -2.07. The smallest absolute Gasteiger partial charge is 0.309 e. The minimum atomic E-state index is -3.23. The normalized spacial score (nSPS) is 11.6. The van der Waals surface area contributed by atoms with Gasteiger partial charge in [-0.25, -0.2) is 8.42 Å². The molecule has 0 aliphatic heterocycles. The lowest BCUT2D eigenvalue weighted by Crippen LogP contribution is -2.12. The summed E-state index contributed by atoms with van der Waals surface area (Å²) in [6.07, 6.45) is 0.154. The SMILES string of the molecule is COC(=O)Cc1ccc(S(=O)(=O)CC(C)C)cc1. The summed E-state index contributed by atoms with van der Waals surface area (Å²) >= 11 is 0. The summed E-state index contributed by atoms with van der Waals surface area (Å²) < 4.78 is 28.4. The fourth-order valence-electron chi connectivity index (χ4n) is 1.59. The van der Waals surface area contributed by atoms with Gasteiger partial charge in [0.1, 0.15) is 0 Å². The summed E-state index contributed by atoms with van der Waals surface area (Å²) in [4.78, 5) is 11.4. The van der Waals surface area contributed by atoms with Crippen molar-refractivity contribution in [2.45, 2.75) is 25.2 Å². The Labute approximate surface area is 108 Å². The van der Waals surface area contributed by atoms with Gasteiger partial charge in [-0.1, -0.05) is 26.0 Å². The van der Waals surface area contributed by atoms with Crippen LogP contribution in [0.3, 0.4) is 0 Å². The molecule has 0 unspecified atom stereocenters. The van der Waals surface area contributed by atoms with Crippen molar-refractivity contribution in [2.75, 3.05) is 12.9 Å². The Morgan fingerprint density at radius 3 is 2.22 bits per heavy atom. The van der Waals surface area contributed by atoms with E-state index in [0.29, 0.717) is 4.90 Å². The monoisotopic (exact) mass is 270 g/mol. The van der Waals surface area contributed by atoms with Crippen LogP contribution in [0, 0.1) is 5.92 Å². The summed E-state index contributed by atoms with van der Waals surface area (Å²) in [5.41, 5.74) is 0.741. The number of carbonyl (C=O) groups excluding carboxylic acids is 1. The van der Waals surface area contributed by atoms with E-state index in [9.17, 15) is 13.2 Å². The van der Waals surface area contributed by atoms with Crippen LogP contribution in [0.4, 0.5) is 0 Å². The first-order valence-electron chi connectivity index (χ1n) is 5.73. The van der Waals surface area contributed by atoms with E-state index in [1.165, 1.54) is 19.2 Å². The van der Waals surface area contributed by atoms with Crippen molar-refractivity contribution >= 4 is 15.8 Å². The molecule has 0 spiro atoms. The topological polar surface area (TPSA) is 60.4 Å². The molecule has 5 heteroatoms. The van der Waals surface area contributed by atoms with Gasteiger partial charge in [-0.2, -0.15) is 0 Å². The van der Waals surface area contributed by atoms with E-state index in [1.54, 1.807) is 12.1 Å². The zero-order chi connectivity index (χ0) is 13.8. The number of benzene rings is 1. The molecule has 4 nitrogen and oxygen atoms in total. The van der Waals surface area contributed by atoms with E-state index in [-0.39, 0.29) is 24.1 Å². The van der Waals surface area contributed by atoms with Gasteiger partial charge in [0.15, 0.2) is 9.84 Å². The van der Waals surface area contributed by atoms with Gasteiger partial charge in [0.05, 0.1) is 24.2 Å². The summed E-state index contributed by atoms with van der Waals surface area (Å²) in [5, 5.41) is 0. The fourth-order valence-corrected chi connectivity index (χ4v) is 3.21.